The Hall–Kier alpha value is -1.35. The Kier molecular flexibility index (Phi) is 2.27. The molecule has 1 aliphatic rings. The molecule has 78 valence electrons. The first-order valence-corrected chi connectivity index (χ1v) is 5.08. The number of Topliss-reactive ketones (excluding diaryl/α,β-unsaturated/α-hetero) is 1. The number of nitrogens with zero attached hydrogens (tertiary/aromatic N) is 1. The minimum absolute atomic E-state index is 0.0670. The number of halogens is 1. The molecule has 0 unspecified atom stereocenters. The summed E-state index contributed by atoms with van der Waals surface area (Å²) < 4.78 is 0. The Morgan fingerprint density at radius 3 is 2.53 bits per heavy atom. The average molecular weight is 224 g/mol. The molecule has 1 heterocycles. The maximum Gasteiger partial charge on any atom is 0.299 e. The first-order chi connectivity index (χ1) is 7.04. The van der Waals surface area contributed by atoms with Crippen LogP contribution in [-0.4, -0.2) is 17.7 Å². The summed E-state index contributed by atoms with van der Waals surface area (Å²) in [6.45, 7) is 3.70. The fraction of sp³-hybridized carbons (Fsp3) is 0.273. The van der Waals surface area contributed by atoms with Gasteiger partial charge < -0.3 is 4.90 Å². The van der Waals surface area contributed by atoms with E-state index in [4.69, 9.17) is 11.6 Å². The van der Waals surface area contributed by atoms with E-state index in [1.54, 1.807) is 18.2 Å². The van der Waals surface area contributed by atoms with Gasteiger partial charge in [0.2, 0.25) is 0 Å². The molecule has 1 aromatic rings. The Morgan fingerprint density at radius 1 is 1.27 bits per heavy atom. The van der Waals surface area contributed by atoms with Crippen LogP contribution < -0.4 is 4.90 Å². The molecule has 0 aromatic heterocycles. The van der Waals surface area contributed by atoms with Crippen molar-refractivity contribution < 1.29 is 9.59 Å². The number of benzene rings is 1. The highest BCUT2D eigenvalue weighted by Gasteiger charge is 2.38. The van der Waals surface area contributed by atoms with Gasteiger partial charge in [0.05, 0.1) is 16.3 Å². The van der Waals surface area contributed by atoms with Crippen LogP contribution in [0, 0.1) is 0 Å². The van der Waals surface area contributed by atoms with Gasteiger partial charge >= 0.3 is 0 Å². The lowest BCUT2D eigenvalue weighted by atomic mass is 10.1. The maximum atomic E-state index is 11.7. The first-order valence-electron chi connectivity index (χ1n) is 4.70. The van der Waals surface area contributed by atoms with Crippen molar-refractivity contribution in [2.45, 2.75) is 19.9 Å². The number of carbonyl (C=O) groups is 2. The molecule has 3 nitrogen and oxygen atoms in total. The number of para-hydroxylation sites is 1. The topological polar surface area (TPSA) is 37.4 Å². The van der Waals surface area contributed by atoms with E-state index in [0.717, 1.165) is 0 Å². The highest BCUT2D eigenvalue weighted by atomic mass is 35.5. The predicted molar refractivity (Wildman–Crippen MR) is 58.4 cm³/mol. The number of anilines is 1. The number of rotatable bonds is 1. The van der Waals surface area contributed by atoms with Gasteiger partial charge in [-0.25, -0.2) is 0 Å². The van der Waals surface area contributed by atoms with Crippen LogP contribution >= 0.6 is 11.6 Å². The van der Waals surface area contributed by atoms with Crippen LogP contribution in [0.5, 0.6) is 0 Å². The second-order valence-corrected chi connectivity index (χ2v) is 4.14. The summed E-state index contributed by atoms with van der Waals surface area (Å²) in [7, 11) is 0. The number of hydrogen-bond acceptors (Lipinski definition) is 2. The van der Waals surface area contributed by atoms with E-state index in [9.17, 15) is 9.59 Å². The minimum Gasteiger partial charge on any atom is -0.301 e. The normalized spacial score (nSPS) is 15.1. The summed E-state index contributed by atoms with van der Waals surface area (Å²) in [4.78, 5) is 24.7. The summed E-state index contributed by atoms with van der Waals surface area (Å²) in [5.41, 5.74) is 0.949. The Morgan fingerprint density at radius 2 is 1.93 bits per heavy atom. The van der Waals surface area contributed by atoms with Crippen molar-refractivity contribution in [2.75, 3.05) is 4.90 Å². The number of hydrogen-bond donors (Lipinski definition) is 0. The van der Waals surface area contributed by atoms with Gasteiger partial charge in [-0.05, 0) is 26.0 Å². The largest absolute Gasteiger partial charge is 0.301 e. The monoisotopic (exact) mass is 223 g/mol. The van der Waals surface area contributed by atoms with Crippen LogP contribution in [0.15, 0.2) is 18.2 Å². The highest BCUT2D eigenvalue weighted by Crippen LogP contribution is 2.36. The molecule has 1 aromatic carbocycles. The molecular formula is C11H10ClNO2. The second kappa shape index (κ2) is 3.35. The number of ketones is 1. The van der Waals surface area contributed by atoms with E-state index in [-0.39, 0.29) is 6.04 Å². The van der Waals surface area contributed by atoms with Crippen LogP contribution in [0.25, 0.3) is 0 Å². The van der Waals surface area contributed by atoms with Crippen molar-refractivity contribution in [3.05, 3.63) is 28.8 Å². The van der Waals surface area contributed by atoms with Crippen LogP contribution in [0.3, 0.4) is 0 Å². The summed E-state index contributed by atoms with van der Waals surface area (Å²) in [5.74, 6) is -0.964. The molecule has 0 atom stereocenters. The lowest BCUT2D eigenvalue weighted by molar-refractivity contribution is -0.114. The maximum absolute atomic E-state index is 11.7. The SMILES string of the molecule is CC(C)N1C(=O)C(=O)c2cccc(Cl)c21. The quantitative estimate of drug-likeness (QED) is 0.685. The van der Waals surface area contributed by atoms with E-state index < -0.39 is 11.7 Å². The number of fused-ring (bicyclic) bond motifs is 1. The van der Waals surface area contributed by atoms with Gasteiger partial charge in [-0.3, -0.25) is 9.59 Å². The van der Waals surface area contributed by atoms with Gasteiger partial charge in [-0.1, -0.05) is 17.7 Å². The van der Waals surface area contributed by atoms with Gasteiger partial charge in [0.25, 0.3) is 11.7 Å². The van der Waals surface area contributed by atoms with Gasteiger partial charge in [-0.15, -0.1) is 0 Å². The molecule has 0 fully saturated rings. The molecule has 2 rings (SSSR count). The Labute approximate surface area is 92.6 Å². The van der Waals surface area contributed by atoms with E-state index in [1.807, 2.05) is 13.8 Å². The molecular weight excluding hydrogens is 214 g/mol. The van der Waals surface area contributed by atoms with E-state index >= 15 is 0 Å². The van der Waals surface area contributed by atoms with Crippen LogP contribution in [0.4, 0.5) is 5.69 Å². The van der Waals surface area contributed by atoms with Crippen molar-refractivity contribution in [1.29, 1.82) is 0 Å². The first kappa shape index (κ1) is 10.2. The zero-order valence-corrected chi connectivity index (χ0v) is 9.21. The van der Waals surface area contributed by atoms with Crippen LogP contribution in [-0.2, 0) is 4.79 Å². The summed E-state index contributed by atoms with van der Waals surface area (Å²) >= 11 is 5.99. The molecule has 0 spiro atoms. The fourth-order valence-corrected chi connectivity index (χ4v) is 2.03. The third-order valence-corrected chi connectivity index (χ3v) is 2.71. The molecule has 0 aliphatic carbocycles. The lowest BCUT2D eigenvalue weighted by Gasteiger charge is -2.21. The van der Waals surface area contributed by atoms with Gasteiger partial charge in [0.15, 0.2) is 0 Å². The fourth-order valence-electron chi connectivity index (χ4n) is 1.76. The third kappa shape index (κ3) is 1.35. The van der Waals surface area contributed by atoms with Crippen LogP contribution in [0.2, 0.25) is 5.02 Å². The minimum atomic E-state index is -0.492. The molecule has 0 radical (unpaired) electrons. The van der Waals surface area contributed by atoms with Gasteiger partial charge in [-0.2, -0.15) is 0 Å². The molecule has 4 heteroatoms. The van der Waals surface area contributed by atoms with Crippen molar-refractivity contribution in [1.82, 2.24) is 0 Å². The molecule has 0 bridgehead atoms. The van der Waals surface area contributed by atoms with E-state index in [0.29, 0.717) is 16.3 Å². The lowest BCUT2D eigenvalue weighted by Crippen LogP contribution is -2.35. The van der Waals surface area contributed by atoms with Crippen molar-refractivity contribution >= 4 is 29.0 Å². The third-order valence-electron chi connectivity index (χ3n) is 2.40. The molecule has 0 N–H and O–H groups in total. The second-order valence-electron chi connectivity index (χ2n) is 3.73. The van der Waals surface area contributed by atoms with Crippen LogP contribution in [0.1, 0.15) is 24.2 Å². The smallest absolute Gasteiger partial charge is 0.299 e. The molecule has 1 aliphatic heterocycles. The zero-order valence-electron chi connectivity index (χ0n) is 8.45. The molecule has 0 saturated carbocycles. The number of amides is 1. The predicted octanol–water partition coefficient (Wildman–Crippen LogP) is 2.28. The van der Waals surface area contributed by atoms with Crippen molar-refractivity contribution in [3.8, 4) is 0 Å². The number of carbonyl (C=O) groups excluding carboxylic acids is 2. The Balaban J connectivity index is 2.67. The summed E-state index contributed by atoms with van der Waals surface area (Å²) in [6, 6.07) is 4.92. The average Bonchev–Trinajstić information content (AvgIpc) is 2.43. The molecule has 1 amide bonds. The van der Waals surface area contributed by atoms with E-state index in [2.05, 4.69) is 0 Å². The van der Waals surface area contributed by atoms with Crippen molar-refractivity contribution in [3.63, 3.8) is 0 Å². The standard InChI is InChI=1S/C11H10ClNO2/c1-6(2)13-9-7(10(14)11(13)15)4-3-5-8(9)12/h3-6H,1-2H3. The Bertz CT molecular complexity index is 454. The van der Waals surface area contributed by atoms with Gasteiger partial charge in [0, 0.05) is 6.04 Å². The van der Waals surface area contributed by atoms with Gasteiger partial charge in [0.1, 0.15) is 0 Å². The zero-order chi connectivity index (χ0) is 11.2. The summed E-state index contributed by atoms with van der Waals surface area (Å²) in [5, 5.41) is 0.445. The highest BCUT2D eigenvalue weighted by molar-refractivity contribution is 6.54. The summed E-state index contributed by atoms with van der Waals surface area (Å²) in [6.07, 6.45) is 0. The van der Waals surface area contributed by atoms with E-state index in [1.165, 1.54) is 4.90 Å². The molecule has 15 heavy (non-hydrogen) atoms. The molecule has 0 saturated heterocycles. The van der Waals surface area contributed by atoms with Crippen molar-refractivity contribution in [2.24, 2.45) is 0 Å².